The Balaban J connectivity index is 0.000000189. The number of carbonyl (C=O) groups excluding carboxylic acids is 1. The zero-order chi connectivity index (χ0) is 25.1. The van der Waals surface area contributed by atoms with Crippen LogP contribution in [0.15, 0.2) is 24.3 Å². The molecule has 35 heavy (non-hydrogen) atoms. The third-order valence-corrected chi connectivity index (χ3v) is 8.73. The monoisotopic (exact) mass is 502 g/mol. The molecule has 1 aromatic carbocycles. The summed E-state index contributed by atoms with van der Waals surface area (Å²) < 4.78 is 0. The summed E-state index contributed by atoms with van der Waals surface area (Å²) in [7, 11) is 0. The third kappa shape index (κ3) is 6.41. The molecule has 196 valence electrons. The van der Waals surface area contributed by atoms with Gasteiger partial charge in [0.2, 0.25) is 0 Å². The Kier molecular flexibility index (Phi) is 8.84. The summed E-state index contributed by atoms with van der Waals surface area (Å²) in [4.78, 5) is 12.6. The fourth-order valence-electron chi connectivity index (χ4n) is 6.24. The summed E-state index contributed by atoms with van der Waals surface area (Å²) in [5.41, 5.74) is 4.58. The lowest BCUT2D eigenvalue weighted by molar-refractivity contribution is -0.230. The fraction of sp³-hybridized carbons (Fsp3) is 0.759. The van der Waals surface area contributed by atoms with Crippen molar-refractivity contribution >= 4 is 17.5 Å². The molecule has 0 spiro atoms. The van der Waals surface area contributed by atoms with Crippen molar-refractivity contribution in [3.05, 3.63) is 34.9 Å². The summed E-state index contributed by atoms with van der Waals surface area (Å²) in [6, 6.07) is 9.11. The van der Waals surface area contributed by atoms with Gasteiger partial charge in [-0.25, -0.2) is 10.4 Å². The lowest BCUT2D eigenvalue weighted by Crippen LogP contribution is -2.76. The van der Waals surface area contributed by atoms with Gasteiger partial charge in [0, 0.05) is 35.7 Å². The number of nitrogens with zero attached hydrogens (tertiary/aromatic N) is 3. The Labute approximate surface area is 218 Å². The van der Waals surface area contributed by atoms with Crippen molar-refractivity contribution in [2.45, 2.75) is 134 Å². The van der Waals surface area contributed by atoms with Gasteiger partial charge in [-0.1, -0.05) is 81.2 Å². The van der Waals surface area contributed by atoms with Crippen molar-refractivity contribution in [1.82, 2.24) is 20.5 Å². The minimum Gasteiger partial charge on any atom is -0.271 e. The molecule has 0 unspecified atom stereocenters. The van der Waals surface area contributed by atoms with Crippen molar-refractivity contribution in [1.29, 1.82) is 0 Å². The first-order valence-electron chi connectivity index (χ1n) is 14.1. The molecule has 2 heterocycles. The van der Waals surface area contributed by atoms with Crippen LogP contribution in [0.25, 0.3) is 0 Å². The highest BCUT2D eigenvalue weighted by Crippen LogP contribution is 2.38. The van der Waals surface area contributed by atoms with Gasteiger partial charge in [0.05, 0.1) is 0 Å². The number of rotatable bonds is 4. The van der Waals surface area contributed by atoms with Gasteiger partial charge in [0.25, 0.3) is 5.91 Å². The second-order valence-electron chi connectivity index (χ2n) is 12.3. The van der Waals surface area contributed by atoms with Crippen molar-refractivity contribution in [2.24, 2.45) is 0 Å². The number of benzene rings is 1. The normalized spacial score (nSPS) is 26.1. The van der Waals surface area contributed by atoms with E-state index in [1.54, 1.807) is 0 Å². The van der Waals surface area contributed by atoms with E-state index in [4.69, 9.17) is 11.6 Å². The van der Waals surface area contributed by atoms with E-state index in [2.05, 4.69) is 29.3 Å². The Morgan fingerprint density at radius 3 is 1.89 bits per heavy atom. The lowest BCUT2D eigenvalue weighted by Gasteiger charge is -2.58. The largest absolute Gasteiger partial charge is 0.271 e. The number of nitrogens with one attached hydrogen (secondary N) is 1. The van der Waals surface area contributed by atoms with Gasteiger partial charge in [0.15, 0.2) is 0 Å². The van der Waals surface area contributed by atoms with Crippen LogP contribution in [0.2, 0.25) is 5.02 Å². The maximum atomic E-state index is 12.6. The average molecular weight is 503 g/mol. The predicted molar refractivity (Wildman–Crippen MR) is 145 cm³/mol. The standard InChI is InChI=1S/C18H25ClN2O.C11H22N2/c1-18(2)17(22)21(15-10-5-3-4-6-11-15)20(18)13-14-9-7-8-12-16(14)19;1-11(2)9-13(12-11)10-7-5-3-4-6-8-10/h7-9,12,15H,3-6,10-11,13H2,1-2H3;10,12H,3-9H2,1-2H3. The zero-order valence-corrected chi connectivity index (χ0v) is 23.2. The van der Waals surface area contributed by atoms with E-state index in [0.717, 1.165) is 29.5 Å². The Morgan fingerprint density at radius 2 is 1.37 bits per heavy atom. The molecule has 1 amide bonds. The second kappa shape index (κ2) is 11.5. The Hall–Kier alpha value is -1.14. The molecule has 1 aromatic rings. The first kappa shape index (κ1) is 26.9. The fourth-order valence-corrected chi connectivity index (χ4v) is 6.44. The van der Waals surface area contributed by atoms with Gasteiger partial charge in [-0.2, -0.15) is 5.01 Å². The SMILES string of the molecule is CC1(C)C(=O)N(C2CCCCCC2)N1Cc1ccccc1Cl.CC1(C)CN(C2CCCCCC2)N1. The van der Waals surface area contributed by atoms with Crippen LogP contribution < -0.4 is 5.43 Å². The van der Waals surface area contributed by atoms with Gasteiger partial charge in [0.1, 0.15) is 5.54 Å². The maximum absolute atomic E-state index is 12.6. The smallest absolute Gasteiger partial charge is 0.258 e. The molecule has 5 nitrogen and oxygen atoms in total. The number of amides is 1. The molecular formula is C29H47ClN4O. The van der Waals surface area contributed by atoms with Crippen molar-refractivity contribution < 1.29 is 4.79 Å². The van der Waals surface area contributed by atoms with Crippen LogP contribution in [0.1, 0.15) is 110 Å². The van der Waals surface area contributed by atoms with Crippen molar-refractivity contribution in [2.75, 3.05) is 6.54 Å². The van der Waals surface area contributed by atoms with E-state index < -0.39 is 5.54 Å². The molecule has 0 aromatic heterocycles. The van der Waals surface area contributed by atoms with Crippen LogP contribution >= 0.6 is 11.6 Å². The minimum absolute atomic E-state index is 0.256. The van der Waals surface area contributed by atoms with Crippen LogP contribution in [0.3, 0.4) is 0 Å². The van der Waals surface area contributed by atoms with Gasteiger partial charge in [-0.3, -0.25) is 9.80 Å². The first-order valence-corrected chi connectivity index (χ1v) is 14.5. The number of hydrogen-bond donors (Lipinski definition) is 1. The molecule has 2 saturated heterocycles. The van der Waals surface area contributed by atoms with Crippen molar-refractivity contribution in [3.63, 3.8) is 0 Å². The van der Waals surface area contributed by atoms with Crippen molar-refractivity contribution in [3.8, 4) is 0 Å². The maximum Gasteiger partial charge on any atom is 0.258 e. The van der Waals surface area contributed by atoms with Crippen LogP contribution in [0.4, 0.5) is 0 Å². The third-order valence-electron chi connectivity index (χ3n) is 8.36. The van der Waals surface area contributed by atoms with E-state index in [9.17, 15) is 4.79 Å². The van der Waals surface area contributed by atoms with E-state index >= 15 is 0 Å². The van der Waals surface area contributed by atoms with E-state index in [1.807, 2.05) is 43.1 Å². The quantitative estimate of drug-likeness (QED) is 0.464. The molecule has 4 aliphatic rings. The van der Waals surface area contributed by atoms with Gasteiger partial charge < -0.3 is 0 Å². The predicted octanol–water partition coefficient (Wildman–Crippen LogP) is 6.71. The number of hydrazine groups is 2. The molecule has 2 aliphatic carbocycles. The molecule has 0 bridgehead atoms. The molecule has 5 rings (SSSR count). The summed E-state index contributed by atoms with van der Waals surface area (Å²) >= 11 is 6.31. The highest BCUT2D eigenvalue weighted by atomic mass is 35.5. The molecule has 2 aliphatic heterocycles. The summed E-state index contributed by atoms with van der Waals surface area (Å²) in [5, 5.41) is 7.48. The number of halogens is 1. The summed E-state index contributed by atoms with van der Waals surface area (Å²) in [6.07, 6.45) is 15.9. The van der Waals surface area contributed by atoms with Crippen LogP contribution in [0, 0.1) is 0 Å². The van der Waals surface area contributed by atoms with Crippen LogP contribution in [0.5, 0.6) is 0 Å². The minimum atomic E-state index is -0.425. The molecule has 2 saturated carbocycles. The number of hydrogen-bond acceptors (Lipinski definition) is 4. The second-order valence-corrected chi connectivity index (χ2v) is 12.7. The highest BCUT2D eigenvalue weighted by Gasteiger charge is 2.54. The van der Waals surface area contributed by atoms with Gasteiger partial charge >= 0.3 is 0 Å². The average Bonchev–Trinajstić information content (AvgIpc) is 3.24. The van der Waals surface area contributed by atoms with Gasteiger partial charge in [-0.05, 0) is 65.0 Å². The molecular weight excluding hydrogens is 456 g/mol. The topological polar surface area (TPSA) is 38.8 Å². The molecule has 0 radical (unpaired) electrons. The summed E-state index contributed by atoms with van der Waals surface area (Å²) in [5.74, 6) is 0.256. The van der Waals surface area contributed by atoms with E-state index in [0.29, 0.717) is 18.1 Å². The zero-order valence-electron chi connectivity index (χ0n) is 22.5. The highest BCUT2D eigenvalue weighted by molar-refractivity contribution is 6.31. The first-order chi connectivity index (χ1) is 16.7. The lowest BCUT2D eigenvalue weighted by atomic mass is 9.93. The Morgan fingerprint density at radius 1 is 0.857 bits per heavy atom. The van der Waals surface area contributed by atoms with Gasteiger partial charge in [-0.15, -0.1) is 0 Å². The molecule has 1 N–H and O–H groups in total. The van der Waals surface area contributed by atoms with Crippen LogP contribution in [-0.2, 0) is 11.3 Å². The van der Waals surface area contributed by atoms with Crippen LogP contribution in [-0.4, -0.2) is 50.6 Å². The molecule has 4 fully saturated rings. The van der Waals surface area contributed by atoms with E-state index in [1.165, 1.54) is 70.8 Å². The summed E-state index contributed by atoms with van der Waals surface area (Å²) in [6.45, 7) is 10.5. The van der Waals surface area contributed by atoms with E-state index in [-0.39, 0.29) is 5.91 Å². The molecule has 6 heteroatoms. The molecule has 0 atom stereocenters. The number of carbonyl (C=O) groups is 1. The Bertz CT molecular complexity index is 833.